The topological polar surface area (TPSA) is 108 Å². The largest absolute Gasteiger partial charge is 0.480 e. The Morgan fingerprint density at radius 3 is 2.32 bits per heavy atom. The van der Waals surface area contributed by atoms with Crippen molar-refractivity contribution in [2.75, 3.05) is 32.3 Å². The molecule has 0 aromatic carbocycles. The lowest BCUT2D eigenvalue weighted by Crippen LogP contribution is -3.12. The van der Waals surface area contributed by atoms with E-state index in [4.69, 9.17) is 9.72 Å². The number of hydrogen-bond donors (Lipinski definition) is 1. The van der Waals surface area contributed by atoms with Gasteiger partial charge in [-0.1, -0.05) is 0 Å². The van der Waals surface area contributed by atoms with E-state index in [1.807, 2.05) is 0 Å². The molecule has 7 saturated carbocycles. The molecule has 0 atom stereocenters. The van der Waals surface area contributed by atoms with Gasteiger partial charge in [0.1, 0.15) is 30.7 Å². The molecule has 13 heteroatoms. The second-order valence-electron chi connectivity index (χ2n) is 13.3. The van der Waals surface area contributed by atoms with E-state index in [1.54, 1.807) is 38.3 Å². The van der Waals surface area contributed by atoms with Crippen molar-refractivity contribution in [3.8, 4) is 17.3 Å². The third kappa shape index (κ3) is 2.56. The molecule has 7 fully saturated rings. The molecule has 3 aromatic heterocycles. The predicted molar refractivity (Wildman–Crippen MR) is 142 cm³/mol. The van der Waals surface area contributed by atoms with Crippen LogP contribution in [-0.4, -0.2) is 56.5 Å². The van der Waals surface area contributed by atoms with Gasteiger partial charge in [-0.3, -0.25) is 0 Å². The van der Waals surface area contributed by atoms with E-state index in [0.29, 0.717) is 82.2 Å². The molecular formula is C28H29F3N7O2P. The fourth-order valence-electron chi connectivity index (χ4n) is 10.2. The highest BCUT2D eigenvalue weighted by atomic mass is 31.2. The van der Waals surface area contributed by atoms with Crippen molar-refractivity contribution in [3.05, 3.63) is 35.9 Å². The molecule has 41 heavy (non-hydrogen) atoms. The van der Waals surface area contributed by atoms with Crippen LogP contribution in [0.1, 0.15) is 36.0 Å². The zero-order valence-electron chi connectivity index (χ0n) is 23.0. The van der Waals surface area contributed by atoms with Crippen molar-refractivity contribution >= 4 is 18.3 Å². The third-order valence-corrected chi connectivity index (χ3v) is 13.0. The van der Waals surface area contributed by atoms with Gasteiger partial charge in [-0.2, -0.15) is 13.2 Å². The number of rotatable bonds is 8. The Balaban J connectivity index is 1.01. The van der Waals surface area contributed by atoms with Gasteiger partial charge in [-0.15, -0.1) is 0 Å². The fourth-order valence-corrected chi connectivity index (χ4v) is 11.2. The van der Waals surface area contributed by atoms with Gasteiger partial charge in [0.15, 0.2) is 11.5 Å². The van der Waals surface area contributed by atoms with Gasteiger partial charge in [0.05, 0.1) is 18.1 Å². The van der Waals surface area contributed by atoms with Crippen LogP contribution in [-0.2, 0) is 23.2 Å². The zero-order valence-corrected chi connectivity index (χ0v) is 23.9. The number of halogens is 3. The first-order chi connectivity index (χ1) is 19.5. The van der Waals surface area contributed by atoms with Gasteiger partial charge < -0.3 is 19.2 Å². The van der Waals surface area contributed by atoms with E-state index in [0.717, 1.165) is 24.7 Å². The zero-order chi connectivity index (χ0) is 28.4. The number of nitrogens with zero attached hydrogens (tertiary/aromatic N) is 6. The minimum Gasteiger partial charge on any atom is -0.480 e. The lowest BCUT2D eigenvalue weighted by Gasteiger charge is -3.11. The van der Waals surface area contributed by atoms with Crippen LogP contribution in [0.5, 0.6) is 5.88 Å². The molecule has 9 nitrogen and oxygen atoms in total. The number of methoxy groups -OCH3 is 1. The Morgan fingerprint density at radius 2 is 1.76 bits per heavy atom. The SMILES string of the molecule is COc1ncnc(C2CC2)c1-c1ncc(P(C)(C)=O)c(NCC23C4C5C2C2C3C4C52c2nc(C(F)(F)F)cn2C)n1. The molecule has 0 spiro atoms. The highest BCUT2D eigenvalue weighted by molar-refractivity contribution is 7.70. The standard InChI is InChI=1S/C28H29F3N7O2P/c1-38-8-13(28(29,30)31)36-25(38)27-18-15-19(27)17-20(27)16(18)26(15,17)9-33-22-12(41(3,4)39)7-32-23(37-22)14-21(11-5-6-11)34-10-35-24(14)40-2/h7-8,10-11,15-20H,5-6,9H2,1-4H3,(H,32,33,37). The van der Waals surface area contributed by atoms with Crippen molar-refractivity contribution in [3.63, 3.8) is 0 Å². The summed E-state index contributed by atoms with van der Waals surface area (Å²) in [5.41, 5.74) is 0.766. The minimum atomic E-state index is -4.43. The summed E-state index contributed by atoms with van der Waals surface area (Å²) >= 11 is 0. The maximum absolute atomic E-state index is 13.4. The fraction of sp³-hybridized carbons (Fsp3) is 0.607. The molecule has 3 aromatic rings. The summed E-state index contributed by atoms with van der Waals surface area (Å²) in [6, 6.07) is 0. The molecule has 0 bridgehead atoms. The number of imidazole rings is 1. The van der Waals surface area contributed by atoms with Crippen LogP contribution in [0.3, 0.4) is 0 Å². The molecular weight excluding hydrogens is 554 g/mol. The van der Waals surface area contributed by atoms with E-state index in [-0.39, 0.29) is 10.8 Å². The van der Waals surface area contributed by atoms with Crippen LogP contribution < -0.4 is 15.4 Å². The predicted octanol–water partition coefficient (Wildman–Crippen LogP) is 3.92. The first-order valence-electron chi connectivity index (χ1n) is 14.1. The van der Waals surface area contributed by atoms with Gasteiger partial charge in [-0.05, 0) is 67.1 Å². The van der Waals surface area contributed by atoms with Crippen molar-refractivity contribution in [2.24, 2.45) is 48.0 Å². The summed E-state index contributed by atoms with van der Waals surface area (Å²) in [5.74, 6) is 5.17. The van der Waals surface area contributed by atoms with Gasteiger partial charge in [0, 0.05) is 37.3 Å². The summed E-state index contributed by atoms with van der Waals surface area (Å²) in [4.78, 5) is 22.4. The van der Waals surface area contributed by atoms with Crippen molar-refractivity contribution < 1.29 is 22.5 Å². The Hall–Kier alpha value is -3.01. The first-order valence-corrected chi connectivity index (χ1v) is 16.7. The number of hydrogen-bond acceptors (Lipinski definition) is 8. The maximum Gasteiger partial charge on any atom is 0.434 e. The van der Waals surface area contributed by atoms with E-state index in [9.17, 15) is 17.7 Å². The number of anilines is 1. The minimum absolute atomic E-state index is 0.153. The molecule has 0 saturated heterocycles. The van der Waals surface area contributed by atoms with Gasteiger partial charge in [-0.25, -0.2) is 24.9 Å². The van der Waals surface area contributed by atoms with Gasteiger partial charge in [0.2, 0.25) is 5.88 Å². The summed E-state index contributed by atoms with van der Waals surface area (Å²) in [6.07, 6.45) is 1.96. The van der Waals surface area contributed by atoms with Crippen LogP contribution in [0.15, 0.2) is 18.7 Å². The van der Waals surface area contributed by atoms with Crippen LogP contribution >= 0.6 is 7.14 Å². The number of aryl methyl sites for hydroxylation is 1. The molecule has 0 aliphatic heterocycles. The Bertz CT molecular complexity index is 1670. The smallest absolute Gasteiger partial charge is 0.434 e. The Labute approximate surface area is 234 Å². The van der Waals surface area contributed by atoms with Crippen LogP contribution in [0, 0.1) is 40.9 Å². The summed E-state index contributed by atoms with van der Waals surface area (Å²) in [5, 5.41) is 4.19. The molecule has 0 unspecified atom stereocenters. The molecule has 0 radical (unpaired) electrons. The molecule has 7 aliphatic carbocycles. The third-order valence-electron chi connectivity index (χ3n) is 11.5. The van der Waals surface area contributed by atoms with Crippen molar-refractivity contribution in [1.82, 2.24) is 29.5 Å². The lowest BCUT2D eigenvalue weighted by atomic mass is 8.92. The quantitative estimate of drug-likeness (QED) is 0.398. The normalized spacial score (nSPS) is 36.8. The number of ether oxygens (including phenoxy) is 1. The van der Waals surface area contributed by atoms with Gasteiger partial charge >= 0.3 is 6.18 Å². The highest BCUT2D eigenvalue weighted by Crippen LogP contribution is 3.09. The van der Waals surface area contributed by atoms with Crippen molar-refractivity contribution in [2.45, 2.75) is 30.4 Å². The number of alkyl halides is 3. The van der Waals surface area contributed by atoms with E-state index >= 15 is 0 Å². The second-order valence-corrected chi connectivity index (χ2v) is 16.5. The highest BCUT2D eigenvalue weighted by Gasteiger charge is 3.10. The van der Waals surface area contributed by atoms with Gasteiger partial charge in [0.25, 0.3) is 0 Å². The molecule has 3 heterocycles. The number of aromatic nitrogens is 6. The molecule has 214 valence electrons. The average Bonchev–Trinajstić information content (AvgIpc) is 3.71. The van der Waals surface area contributed by atoms with Crippen LogP contribution in [0.25, 0.3) is 11.4 Å². The maximum atomic E-state index is 13.4. The average molecular weight is 584 g/mol. The molecule has 7 aliphatic rings. The molecule has 10 rings (SSSR count). The van der Waals surface area contributed by atoms with E-state index < -0.39 is 19.0 Å². The molecule has 0 amide bonds. The van der Waals surface area contributed by atoms with Crippen molar-refractivity contribution in [1.29, 1.82) is 0 Å². The van der Waals surface area contributed by atoms with Crippen LogP contribution in [0.4, 0.5) is 19.0 Å². The summed E-state index contributed by atoms with van der Waals surface area (Å²) in [7, 11) is 0.562. The monoisotopic (exact) mass is 583 g/mol. The Kier molecular flexibility index (Phi) is 4.27. The lowest BCUT2D eigenvalue weighted by molar-refractivity contribution is -0.626. The Morgan fingerprint density at radius 1 is 1.07 bits per heavy atom. The molecule has 1 N–H and O–H groups in total. The number of nitrogens with one attached hydrogen (secondary N) is 1. The van der Waals surface area contributed by atoms with E-state index in [2.05, 4.69) is 25.3 Å². The summed E-state index contributed by atoms with van der Waals surface area (Å²) < 4.78 is 60.5. The van der Waals surface area contributed by atoms with Crippen LogP contribution in [0.2, 0.25) is 0 Å². The second kappa shape index (κ2) is 7.13. The first kappa shape index (κ1) is 24.6. The summed E-state index contributed by atoms with van der Waals surface area (Å²) in [6.45, 7) is 4.14. The van der Waals surface area contributed by atoms with E-state index in [1.165, 1.54) is 6.33 Å².